The average Bonchev–Trinajstić information content (AvgIpc) is 2.22. The van der Waals surface area contributed by atoms with Crippen molar-refractivity contribution in [1.29, 1.82) is 0 Å². The fourth-order valence-electron chi connectivity index (χ4n) is 0.815. The third-order valence-electron chi connectivity index (χ3n) is 1.68. The van der Waals surface area contributed by atoms with Gasteiger partial charge in [0, 0.05) is 0 Å². The summed E-state index contributed by atoms with van der Waals surface area (Å²) < 4.78 is 31.6. The van der Waals surface area contributed by atoms with Crippen LogP contribution in [0.15, 0.2) is 0 Å². The fourth-order valence-corrected chi connectivity index (χ4v) is 1.12. The first-order chi connectivity index (χ1) is 7.60. The Morgan fingerprint density at radius 1 is 1.12 bits per heavy atom. The van der Waals surface area contributed by atoms with Gasteiger partial charge in [-0.3, -0.25) is 4.55 Å². The van der Waals surface area contributed by atoms with Crippen LogP contribution in [0, 0.1) is 0 Å². The molecular weight excluding hydrogens is 264 g/mol. The van der Waals surface area contributed by atoms with Crippen molar-refractivity contribution in [3.63, 3.8) is 0 Å². The van der Waals surface area contributed by atoms with Crippen molar-refractivity contribution in [2.45, 2.75) is 24.4 Å². The summed E-state index contributed by atoms with van der Waals surface area (Å²) in [5, 5.41) is 44.5. The molecule has 0 aliphatic carbocycles. The molecule has 0 spiro atoms. The molecule has 4 atom stereocenters. The standard InChI is InChI=1S/C6H12O10S/c7-1-2(8)3(9)4(10)5(11)6(12)16-17(13,14)15/h2-5,7-11H,1H2,(H,13,14,15)/t2-,3-,4+,5-/m1/s1. The Bertz CT molecular complexity index is 350. The number of aliphatic hydroxyl groups excluding tert-OH is 5. The van der Waals surface area contributed by atoms with Crippen LogP contribution in [0.4, 0.5) is 0 Å². The van der Waals surface area contributed by atoms with Crippen LogP contribution in [-0.4, -0.2) is 75.5 Å². The van der Waals surface area contributed by atoms with Gasteiger partial charge in [-0.25, -0.2) is 4.79 Å². The second kappa shape index (κ2) is 6.20. The Labute approximate surface area is 95.6 Å². The third kappa shape index (κ3) is 5.36. The number of aliphatic hydroxyl groups is 5. The van der Waals surface area contributed by atoms with Crippen molar-refractivity contribution in [1.82, 2.24) is 0 Å². The molecule has 11 heteroatoms. The molecule has 0 amide bonds. The van der Waals surface area contributed by atoms with Crippen LogP contribution in [0.1, 0.15) is 0 Å². The molecule has 0 rings (SSSR count). The van der Waals surface area contributed by atoms with Gasteiger partial charge in [0.15, 0.2) is 6.10 Å². The maximum atomic E-state index is 10.8. The van der Waals surface area contributed by atoms with Crippen molar-refractivity contribution in [3.8, 4) is 0 Å². The molecule has 0 aromatic carbocycles. The van der Waals surface area contributed by atoms with E-state index < -0.39 is 47.4 Å². The monoisotopic (exact) mass is 276 g/mol. The Balaban J connectivity index is 4.59. The lowest BCUT2D eigenvalue weighted by Gasteiger charge is -2.23. The maximum Gasteiger partial charge on any atom is 0.449 e. The van der Waals surface area contributed by atoms with Crippen LogP contribution >= 0.6 is 0 Å². The minimum atomic E-state index is -5.17. The van der Waals surface area contributed by atoms with Crippen molar-refractivity contribution >= 4 is 16.4 Å². The molecule has 0 fully saturated rings. The van der Waals surface area contributed by atoms with Crippen LogP contribution in [0.25, 0.3) is 0 Å². The summed E-state index contributed by atoms with van der Waals surface area (Å²) in [5.41, 5.74) is 0. The summed E-state index contributed by atoms with van der Waals surface area (Å²) in [7, 11) is -5.17. The molecule has 0 saturated carbocycles. The largest absolute Gasteiger partial charge is 0.449 e. The average molecular weight is 276 g/mol. The number of rotatable bonds is 6. The van der Waals surface area contributed by atoms with E-state index in [-0.39, 0.29) is 0 Å². The lowest BCUT2D eigenvalue weighted by Crippen LogP contribution is -2.49. The number of hydrogen-bond acceptors (Lipinski definition) is 9. The zero-order chi connectivity index (χ0) is 13.8. The minimum absolute atomic E-state index is 0.974. The molecule has 17 heavy (non-hydrogen) atoms. The molecule has 0 aromatic heterocycles. The molecule has 10 nitrogen and oxygen atoms in total. The van der Waals surface area contributed by atoms with Gasteiger partial charge >= 0.3 is 16.4 Å². The first kappa shape index (κ1) is 16.2. The number of carbonyl (C=O) groups is 1. The van der Waals surface area contributed by atoms with Crippen molar-refractivity contribution in [2.24, 2.45) is 0 Å². The van der Waals surface area contributed by atoms with Gasteiger partial charge < -0.3 is 29.7 Å². The van der Waals surface area contributed by atoms with Crippen LogP contribution in [-0.2, 0) is 19.4 Å². The first-order valence-electron chi connectivity index (χ1n) is 4.14. The highest BCUT2D eigenvalue weighted by atomic mass is 32.3. The quantitative estimate of drug-likeness (QED) is 0.260. The van der Waals surface area contributed by atoms with Gasteiger partial charge in [-0.15, -0.1) is 0 Å². The second-order valence-corrected chi connectivity index (χ2v) is 4.03. The molecule has 102 valence electrons. The van der Waals surface area contributed by atoms with Gasteiger partial charge in [-0.2, -0.15) is 8.42 Å². The summed E-state index contributed by atoms with van der Waals surface area (Å²) >= 11 is 0. The third-order valence-corrected chi connectivity index (χ3v) is 2.06. The summed E-state index contributed by atoms with van der Waals surface area (Å²) in [6, 6.07) is 0. The first-order valence-corrected chi connectivity index (χ1v) is 5.50. The fraction of sp³-hybridized carbons (Fsp3) is 0.833. The van der Waals surface area contributed by atoms with Crippen molar-refractivity contribution < 1.29 is 47.5 Å². The van der Waals surface area contributed by atoms with Crippen LogP contribution < -0.4 is 0 Å². The SMILES string of the molecule is O=C(OS(=O)(=O)O)[C@H](O)[C@@H](O)[C@H](O)[C@H](O)CO. The molecule has 0 aliphatic rings. The Morgan fingerprint density at radius 3 is 1.94 bits per heavy atom. The summed E-state index contributed by atoms with van der Waals surface area (Å²) in [5.74, 6) is -1.95. The highest BCUT2D eigenvalue weighted by Crippen LogP contribution is 2.07. The summed E-state index contributed by atoms with van der Waals surface area (Å²) in [6.07, 6.45) is -8.83. The molecular formula is C6H12O10S. The molecule has 0 unspecified atom stereocenters. The van der Waals surface area contributed by atoms with E-state index >= 15 is 0 Å². The van der Waals surface area contributed by atoms with Crippen molar-refractivity contribution in [3.05, 3.63) is 0 Å². The predicted octanol–water partition coefficient (Wildman–Crippen LogP) is -4.23. The zero-order valence-electron chi connectivity index (χ0n) is 8.24. The van der Waals surface area contributed by atoms with Gasteiger partial charge in [0.1, 0.15) is 18.3 Å². The smallest absolute Gasteiger partial charge is 0.394 e. The van der Waals surface area contributed by atoms with Crippen LogP contribution in [0.5, 0.6) is 0 Å². The Kier molecular flexibility index (Phi) is 5.91. The van der Waals surface area contributed by atoms with Crippen LogP contribution in [0.3, 0.4) is 0 Å². The molecule has 0 bridgehead atoms. The van der Waals surface area contributed by atoms with E-state index in [4.69, 9.17) is 30.1 Å². The summed E-state index contributed by atoms with van der Waals surface area (Å²) in [4.78, 5) is 10.8. The molecule has 0 radical (unpaired) electrons. The molecule has 0 heterocycles. The van der Waals surface area contributed by atoms with Gasteiger partial charge in [0.25, 0.3) is 0 Å². The van der Waals surface area contributed by atoms with E-state index in [9.17, 15) is 13.2 Å². The van der Waals surface area contributed by atoms with Gasteiger partial charge in [0.05, 0.1) is 6.61 Å². The van der Waals surface area contributed by atoms with E-state index in [1.807, 2.05) is 0 Å². The Morgan fingerprint density at radius 2 is 1.59 bits per heavy atom. The van der Waals surface area contributed by atoms with E-state index in [0.29, 0.717) is 0 Å². The van der Waals surface area contributed by atoms with E-state index in [1.54, 1.807) is 0 Å². The highest BCUT2D eigenvalue weighted by Gasteiger charge is 2.36. The van der Waals surface area contributed by atoms with Gasteiger partial charge in [0.2, 0.25) is 0 Å². The van der Waals surface area contributed by atoms with Crippen molar-refractivity contribution in [2.75, 3.05) is 6.61 Å². The second-order valence-electron chi connectivity index (χ2n) is 3.01. The molecule has 0 saturated heterocycles. The van der Waals surface area contributed by atoms with E-state index in [2.05, 4.69) is 4.18 Å². The van der Waals surface area contributed by atoms with Gasteiger partial charge in [-0.1, -0.05) is 0 Å². The predicted molar refractivity (Wildman–Crippen MR) is 48.8 cm³/mol. The lowest BCUT2D eigenvalue weighted by molar-refractivity contribution is -0.161. The zero-order valence-corrected chi connectivity index (χ0v) is 9.06. The summed E-state index contributed by atoms with van der Waals surface area (Å²) in [6.45, 7) is -0.974. The lowest BCUT2D eigenvalue weighted by atomic mass is 10.0. The highest BCUT2D eigenvalue weighted by molar-refractivity contribution is 7.81. The maximum absolute atomic E-state index is 10.8. The van der Waals surface area contributed by atoms with E-state index in [0.717, 1.165) is 0 Å². The normalized spacial score (nSPS) is 19.2. The Hall–Kier alpha value is -0.820. The van der Waals surface area contributed by atoms with E-state index in [1.165, 1.54) is 0 Å². The topological polar surface area (TPSA) is 182 Å². The van der Waals surface area contributed by atoms with Crippen LogP contribution in [0.2, 0.25) is 0 Å². The number of hydrogen-bond donors (Lipinski definition) is 6. The molecule has 0 aliphatic heterocycles. The minimum Gasteiger partial charge on any atom is -0.394 e. The number of carbonyl (C=O) groups excluding carboxylic acids is 1. The van der Waals surface area contributed by atoms with Gasteiger partial charge in [-0.05, 0) is 0 Å². The molecule has 6 N–H and O–H groups in total. The molecule has 0 aromatic rings.